The van der Waals surface area contributed by atoms with E-state index in [2.05, 4.69) is 38.8 Å². The van der Waals surface area contributed by atoms with Gasteiger partial charge in [0.2, 0.25) is 11.9 Å². The molecule has 0 radical (unpaired) electrons. The second-order valence-electron chi connectivity index (χ2n) is 8.68. The molecule has 7 nitrogen and oxygen atoms in total. The lowest BCUT2D eigenvalue weighted by atomic mass is 10.00. The molecule has 2 aliphatic heterocycles. The van der Waals surface area contributed by atoms with E-state index in [0.29, 0.717) is 11.7 Å². The van der Waals surface area contributed by atoms with Gasteiger partial charge in [-0.05, 0) is 57.3 Å². The second kappa shape index (κ2) is 9.03. The minimum atomic E-state index is 0.0874. The van der Waals surface area contributed by atoms with Crippen molar-refractivity contribution < 1.29 is 9.53 Å². The Balaban J connectivity index is 1.42. The zero-order valence-corrected chi connectivity index (χ0v) is 17.9. The van der Waals surface area contributed by atoms with Gasteiger partial charge in [-0.2, -0.15) is 0 Å². The first-order valence-corrected chi connectivity index (χ1v) is 11.8. The SMILES string of the molecule is CC1CCN(c2nnc(SCC(=O)NC(C)C3CC3)n2CC2CCCO2)CC1. The van der Waals surface area contributed by atoms with E-state index in [9.17, 15) is 4.79 Å². The van der Waals surface area contributed by atoms with Gasteiger partial charge in [0.05, 0.1) is 18.4 Å². The largest absolute Gasteiger partial charge is 0.376 e. The Morgan fingerprint density at radius 1 is 1.25 bits per heavy atom. The van der Waals surface area contributed by atoms with Crippen LogP contribution in [0.4, 0.5) is 5.95 Å². The summed E-state index contributed by atoms with van der Waals surface area (Å²) in [5.74, 6) is 2.86. The van der Waals surface area contributed by atoms with Crippen LogP contribution < -0.4 is 10.2 Å². The maximum atomic E-state index is 12.3. The first kappa shape index (κ1) is 20.0. The van der Waals surface area contributed by atoms with Crippen molar-refractivity contribution in [2.75, 3.05) is 30.3 Å². The predicted octanol–water partition coefficient (Wildman–Crippen LogP) is 2.70. The van der Waals surface area contributed by atoms with E-state index in [0.717, 1.165) is 56.1 Å². The number of aromatic nitrogens is 3. The van der Waals surface area contributed by atoms with Crippen LogP contribution in [-0.4, -0.2) is 58.3 Å². The van der Waals surface area contributed by atoms with E-state index >= 15 is 0 Å². The highest BCUT2D eigenvalue weighted by atomic mass is 32.2. The van der Waals surface area contributed by atoms with Gasteiger partial charge >= 0.3 is 0 Å². The van der Waals surface area contributed by atoms with Crippen LogP contribution in [0, 0.1) is 11.8 Å². The Kier molecular flexibility index (Phi) is 6.45. The van der Waals surface area contributed by atoms with Crippen molar-refractivity contribution in [3.05, 3.63) is 0 Å². The fourth-order valence-electron chi connectivity index (χ4n) is 4.12. The maximum Gasteiger partial charge on any atom is 0.230 e. The van der Waals surface area contributed by atoms with Gasteiger partial charge in [-0.3, -0.25) is 9.36 Å². The number of nitrogens with one attached hydrogen (secondary N) is 1. The molecule has 3 fully saturated rings. The van der Waals surface area contributed by atoms with Crippen LogP contribution >= 0.6 is 11.8 Å². The first-order chi connectivity index (χ1) is 13.6. The monoisotopic (exact) mass is 407 g/mol. The minimum absolute atomic E-state index is 0.0874. The number of piperidine rings is 1. The van der Waals surface area contributed by atoms with Crippen molar-refractivity contribution in [3.63, 3.8) is 0 Å². The Bertz CT molecular complexity index is 664. The first-order valence-electron chi connectivity index (χ1n) is 10.8. The molecule has 156 valence electrons. The number of ether oxygens (including phenoxy) is 1. The smallest absolute Gasteiger partial charge is 0.230 e. The normalized spacial score (nSPS) is 24.5. The number of anilines is 1. The number of amides is 1. The third kappa shape index (κ3) is 5.00. The van der Waals surface area contributed by atoms with Crippen molar-refractivity contribution in [2.24, 2.45) is 11.8 Å². The zero-order valence-electron chi connectivity index (χ0n) is 17.1. The summed E-state index contributed by atoms with van der Waals surface area (Å²) in [4.78, 5) is 14.7. The number of carbonyl (C=O) groups is 1. The summed E-state index contributed by atoms with van der Waals surface area (Å²) >= 11 is 1.49. The van der Waals surface area contributed by atoms with Gasteiger partial charge in [0.15, 0.2) is 5.16 Å². The Labute approximate surface area is 172 Å². The molecule has 2 saturated heterocycles. The van der Waals surface area contributed by atoms with E-state index in [1.807, 2.05) is 0 Å². The summed E-state index contributed by atoms with van der Waals surface area (Å²) in [6.07, 6.45) is 7.28. The summed E-state index contributed by atoms with van der Waals surface area (Å²) in [6, 6.07) is 0.281. The van der Waals surface area contributed by atoms with Gasteiger partial charge in [0.25, 0.3) is 0 Å². The van der Waals surface area contributed by atoms with E-state index in [1.54, 1.807) is 0 Å². The molecule has 1 amide bonds. The van der Waals surface area contributed by atoms with Gasteiger partial charge in [0.1, 0.15) is 0 Å². The van der Waals surface area contributed by atoms with E-state index in [1.165, 1.54) is 37.4 Å². The van der Waals surface area contributed by atoms with Crippen LogP contribution in [0.2, 0.25) is 0 Å². The molecule has 2 atom stereocenters. The molecule has 3 heterocycles. The lowest BCUT2D eigenvalue weighted by Crippen LogP contribution is -2.36. The number of nitrogens with zero attached hydrogens (tertiary/aromatic N) is 4. The van der Waals surface area contributed by atoms with Crippen molar-refractivity contribution in [1.82, 2.24) is 20.1 Å². The van der Waals surface area contributed by atoms with Crippen LogP contribution in [0.15, 0.2) is 5.16 Å². The van der Waals surface area contributed by atoms with Crippen LogP contribution in [0.3, 0.4) is 0 Å². The highest BCUT2D eigenvalue weighted by Gasteiger charge is 2.29. The number of rotatable bonds is 8. The van der Waals surface area contributed by atoms with Gasteiger partial charge in [-0.15, -0.1) is 10.2 Å². The van der Waals surface area contributed by atoms with Crippen LogP contribution in [0.1, 0.15) is 52.4 Å². The molecule has 0 aromatic carbocycles. The standard InChI is InChI=1S/C20H33N5O2S/c1-14-7-9-24(10-8-14)19-22-23-20(25(19)12-17-4-3-11-27-17)28-13-18(26)21-15(2)16-5-6-16/h14-17H,3-13H2,1-2H3,(H,21,26). The fourth-order valence-corrected chi connectivity index (χ4v) is 4.88. The molecule has 0 bridgehead atoms. The minimum Gasteiger partial charge on any atom is -0.376 e. The molecule has 1 aliphatic carbocycles. The third-order valence-corrected chi connectivity index (χ3v) is 7.19. The van der Waals surface area contributed by atoms with Crippen molar-refractivity contribution in [3.8, 4) is 0 Å². The molecule has 1 saturated carbocycles. The highest BCUT2D eigenvalue weighted by molar-refractivity contribution is 7.99. The van der Waals surface area contributed by atoms with E-state index in [4.69, 9.17) is 4.74 Å². The summed E-state index contributed by atoms with van der Waals surface area (Å²) in [5, 5.41) is 12.9. The van der Waals surface area contributed by atoms with E-state index < -0.39 is 0 Å². The summed E-state index contributed by atoms with van der Waals surface area (Å²) in [5.41, 5.74) is 0. The average molecular weight is 408 g/mol. The Hall–Kier alpha value is -1.28. The molecule has 4 rings (SSSR count). The number of carbonyl (C=O) groups excluding carboxylic acids is 1. The topological polar surface area (TPSA) is 72.3 Å². The van der Waals surface area contributed by atoms with Crippen molar-refractivity contribution >= 4 is 23.6 Å². The summed E-state index contributed by atoms with van der Waals surface area (Å²) in [6.45, 7) is 8.08. The van der Waals surface area contributed by atoms with Gasteiger partial charge < -0.3 is 15.0 Å². The van der Waals surface area contributed by atoms with E-state index in [-0.39, 0.29) is 18.1 Å². The molecule has 28 heavy (non-hydrogen) atoms. The lowest BCUT2D eigenvalue weighted by Gasteiger charge is -2.31. The quantitative estimate of drug-likeness (QED) is 0.668. The second-order valence-corrected chi connectivity index (χ2v) is 9.62. The molecule has 1 aromatic rings. The predicted molar refractivity (Wildman–Crippen MR) is 111 cm³/mol. The number of thioether (sulfide) groups is 1. The van der Waals surface area contributed by atoms with Gasteiger partial charge in [-0.1, -0.05) is 18.7 Å². The van der Waals surface area contributed by atoms with Crippen LogP contribution in [0.25, 0.3) is 0 Å². The Morgan fingerprint density at radius 3 is 2.71 bits per heavy atom. The molecule has 3 aliphatic rings. The van der Waals surface area contributed by atoms with Crippen LogP contribution in [-0.2, 0) is 16.1 Å². The molecule has 1 N–H and O–H groups in total. The Morgan fingerprint density at radius 2 is 2.04 bits per heavy atom. The molecule has 0 spiro atoms. The van der Waals surface area contributed by atoms with Crippen LogP contribution in [0.5, 0.6) is 0 Å². The van der Waals surface area contributed by atoms with Gasteiger partial charge in [0, 0.05) is 25.7 Å². The summed E-state index contributed by atoms with van der Waals surface area (Å²) in [7, 11) is 0. The zero-order chi connectivity index (χ0) is 19.5. The summed E-state index contributed by atoms with van der Waals surface area (Å²) < 4.78 is 8.06. The maximum absolute atomic E-state index is 12.3. The molecular formula is C20H33N5O2S. The third-order valence-electron chi connectivity index (χ3n) is 6.22. The molecule has 8 heteroatoms. The van der Waals surface area contributed by atoms with Gasteiger partial charge in [-0.25, -0.2) is 0 Å². The van der Waals surface area contributed by atoms with Crippen molar-refractivity contribution in [2.45, 2.75) is 76.2 Å². The number of hydrogen-bond acceptors (Lipinski definition) is 6. The molecule has 2 unspecified atom stereocenters. The lowest BCUT2D eigenvalue weighted by molar-refractivity contribution is -0.119. The molecule has 1 aromatic heterocycles. The number of hydrogen-bond donors (Lipinski definition) is 1. The molecular weight excluding hydrogens is 374 g/mol. The average Bonchev–Trinajstić information content (AvgIpc) is 3.28. The highest BCUT2D eigenvalue weighted by Crippen LogP contribution is 2.32. The van der Waals surface area contributed by atoms with Crippen molar-refractivity contribution in [1.29, 1.82) is 0 Å². The fraction of sp³-hybridized carbons (Fsp3) is 0.850.